The van der Waals surface area contributed by atoms with Crippen molar-refractivity contribution in [1.29, 1.82) is 0 Å². The lowest BCUT2D eigenvalue weighted by atomic mass is 9.70. The van der Waals surface area contributed by atoms with E-state index in [-0.39, 0.29) is 18.1 Å². The van der Waals surface area contributed by atoms with Crippen molar-refractivity contribution in [2.24, 2.45) is 0 Å². The molecule has 1 saturated heterocycles. The molecule has 1 aromatic carbocycles. The van der Waals surface area contributed by atoms with Gasteiger partial charge in [0.15, 0.2) is 0 Å². The topological polar surface area (TPSA) is 71.6 Å². The number of hydrogen-bond donors (Lipinski definition) is 3. The Morgan fingerprint density at radius 1 is 1.34 bits per heavy atom. The Balaban J connectivity index is 1.51. The van der Waals surface area contributed by atoms with Gasteiger partial charge in [0, 0.05) is 54.7 Å². The summed E-state index contributed by atoms with van der Waals surface area (Å²) >= 11 is 0. The summed E-state index contributed by atoms with van der Waals surface area (Å²) < 4.78 is 0. The standard InChI is InChI=1S/C23H32N4O2/c1-4-27(5-2)22(28)24-15-12-23(29)17-7-6-8-18-20(17)16(11-19(23)26(3)13-15)21(25-18)14-9-10-14/h6-8,14-15,19,25,29H,4-5,9-13H2,1-3H3,(H,24,28). The maximum absolute atomic E-state index is 12.6. The second kappa shape index (κ2) is 6.74. The number of amides is 2. The van der Waals surface area contributed by atoms with Gasteiger partial charge >= 0.3 is 6.03 Å². The van der Waals surface area contributed by atoms with E-state index in [2.05, 4.69) is 34.4 Å². The number of fused-ring (bicyclic) bond motifs is 2. The molecule has 3 N–H and O–H groups in total. The molecule has 0 spiro atoms. The Kier molecular flexibility index (Phi) is 4.40. The zero-order valence-electron chi connectivity index (χ0n) is 17.7. The quantitative estimate of drug-likeness (QED) is 0.744. The first-order chi connectivity index (χ1) is 14.0. The molecular weight excluding hydrogens is 364 g/mol. The minimum absolute atomic E-state index is 0.0375. The van der Waals surface area contributed by atoms with E-state index in [9.17, 15) is 9.90 Å². The number of aliphatic hydroxyl groups is 1. The average molecular weight is 397 g/mol. The first kappa shape index (κ1) is 18.9. The predicted molar refractivity (Wildman–Crippen MR) is 114 cm³/mol. The van der Waals surface area contributed by atoms with E-state index in [1.165, 1.54) is 29.5 Å². The Bertz CT molecular complexity index is 946. The lowest BCUT2D eigenvalue weighted by molar-refractivity contribution is -0.0889. The van der Waals surface area contributed by atoms with E-state index in [1.54, 1.807) is 4.90 Å². The predicted octanol–water partition coefficient (Wildman–Crippen LogP) is 2.91. The summed E-state index contributed by atoms with van der Waals surface area (Å²) in [5.74, 6) is 0.659. The molecule has 2 aliphatic carbocycles. The maximum Gasteiger partial charge on any atom is 0.317 e. The summed E-state index contributed by atoms with van der Waals surface area (Å²) in [5, 5.41) is 16.4. The number of H-pyrrole nitrogens is 1. The third-order valence-electron chi connectivity index (χ3n) is 7.34. The highest BCUT2D eigenvalue weighted by Gasteiger charge is 2.51. The van der Waals surface area contributed by atoms with Crippen LogP contribution in [0.15, 0.2) is 18.2 Å². The highest BCUT2D eigenvalue weighted by atomic mass is 16.3. The molecule has 2 heterocycles. The summed E-state index contributed by atoms with van der Waals surface area (Å²) in [5.41, 5.74) is 4.01. The van der Waals surface area contributed by atoms with Gasteiger partial charge < -0.3 is 20.3 Å². The van der Waals surface area contributed by atoms with Crippen LogP contribution in [0, 0.1) is 0 Å². The third kappa shape index (κ3) is 2.88. The molecule has 29 heavy (non-hydrogen) atoms. The largest absolute Gasteiger partial charge is 0.383 e. The molecular formula is C23H32N4O2. The Hall–Kier alpha value is -2.05. The van der Waals surface area contributed by atoms with Crippen LogP contribution in [0.4, 0.5) is 4.79 Å². The molecule has 1 aromatic heterocycles. The molecule has 6 nitrogen and oxygen atoms in total. The van der Waals surface area contributed by atoms with E-state index < -0.39 is 5.60 Å². The number of likely N-dealkylation sites (N-methyl/N-ethyl adjacent to an activating group) is 1. The molecule has 1 aliphatic heterocycles. The van der Waals surface area contributed by atoms with Crippen LogP contribution in [0.2, 0.25) is 0 Å². The zero-order chi connectivity index (χ0) is 20.3. The summed E-state index contributed by atoms with van der Waals surface area (Å²) in [6, 6.07) is 6.19. The molecule has 5 rings (SSSR count). The SMILES string of the molecule is CCN(CC)C(=O)NC1CN(C)C2Cc3c(C4CC4)[nH]c4cccc(c34)C2(O)C1. The van der Waals surface area contributed by atoms with Crippen LogP contribution in [0.25, 0.3) is 10.9 Å². The third-order valence-corrected chi connectivity index (χ3v) is 7.34. The van der Waals surface area contributed by atoms with Crippen LogP contribution in [-0.2, 0) is 12.0 Å². The summed E-state index contributed by atoms with van der Waals surface area (Å²) in [7, 11) is 2.08. The highest BCUT2D eigenvalue weighted by molar-refractivity contribution is 5.90. The first-order valence-corrected chi connectivity index (χ1v) is 11.1. The van der Waals surface area contributed by atoms with Crippen LogP contribution >= 0.6 is 0 Å². The number of rotatable bonds is 4. The fourth-order valence-corrected chi connectivity index (χ4v) is 5.73. The van der Waals surface area contributed by atoms with Gasteiger partial charge in [-0.2, -0.15) is 0 Å². The van der Waals surface area contributed by atoms with E-state index in [1.807, 2.05) is 19.9 Å². The fraction of sp³-hybridized carbons (Fsp3) is 0.609. The van der Waals surface area contributed by atoms with Crippen LogP contribution in [0.3, 0.4) is 0 Å². The van der Waals surface area contributed by atoms with Gasteiger partial charge in [0.1, 0.15) is 5.60 Å². The van der Waals surface area contributed by atoms with Gasteiger partial charge in [-0.05, 0) is 63.3 Å². The van der Waals surface area contributed by atoms with Crippen molar-refractivity contribution in [2.75, 3.05) is 26.7 Å². The number of nitrogens with one attached hydrogen (secondary N) is 2. The van der Waals surface area contributed by atoms with Crippen LogP contribution in [0.5, 0.6) is 0 Å². The molecule has 3 unspecified atom stereocenters. The normalized spacial score (nSPS) is 29.0. The molecule has 156 valence electrons. The van der Waals surface area contributed by atoms with E-state index in [0.717, 1.165) is 24.0 Å². The van der Waals surface area contributed by atoms with E-state index >= 15 is 0 Å². The number of aromatic nitrogens is 1. The number of aromatic amines is 1. The van der Waals surface area contributed by atoms with Gasteiger partial charge in [-0.3, -0.25) is 4.90 Å². The molecule has 6 heteroatoms. The lowest BCUT2D eigenvalue weighted by Crippen LogP contribution is -2.63. The van der Waals surface area contributed by atoms with Crippen molar-refractivity contribution < 1.29 is 9.90 Å². The van der Waals surface area contributed by atoms with E-state index in [4.69, 9.17) is 0 Å². The average Bonchev–Trinajstić information content (AvgIpc) is 3.46. The number of carbonyl (C=O) groups is 1. The monoisotopic (exact) mass is 396 g/mol. The summed E-state index contributed by atoms with van der Waals surface area (Å²) in [6.45, 7) is 6.12. The zero-order valence-corrected chi connectivity index (χ0v) is 17.7. The second-order valence-electron chi connectivity index (χ2n) is 9.13. The van der Waals surface area contributed by atoms with Crippen molar-refractivity contribution in [3.05, 3.63) is 35.0 Å². The number of urea groups is 1. The molecule has 2 amide bonds. The molecule has 3 aliphatic rings. The van der Waals surface area contributed by atoms with Crippen LogP contribution < -0.4 is 5.32 Å². The molecule has 2 fully saturated rings. The maximum atomic E-state index is 12.6. The van der Waals surface area contributed by atoms with Gasteiger partial charge in [-0.25, -0.2) is 4.79 Å². The number of piperidine rings is 1. The smallest absolute Gasteiger partial charge is 0.317 e. The molecule has 0 radical (unpaired) electrons. The van der Waals surface area contributed by atoms with Crippen molar-refractivity contribution in [1.82, 2.24) is 20.1 Å². The Morgan fingerprint density at radius 3 is 2.79 bits per heavy atom. The summed E-state index contributed by atoms with van der Waals surface area (Å²) in [6.07, 6.45) is 3.95. The van der Waals surface area contributed by atoms with Crippen molar-refractivity contribution in [3.63, 3.8) is 0 Å². The Morgan fingerprint density at radius 2 is 2.10 bits per heavy atom. The van der Waals surface area contributed by atoms with Crippen molar-refractivity contribution >= 4 is 16.9 Å². The molecule has 0 bridgehead atoms. The van der Waals surface area contributed by atoms with Gasteiger partial charge in [0.2, 0.25) is 0 Å². The summed E-state index contributed by atoms with van der Waals surface area (Å²) in [4.78, 5) is 20.3. The Labute approximate surface area is 172 Å². The molecule has 1 saturated carbocycles. The number of likely N-dealkylation sites (tertiary alicyclic amines) is 1. The minimum atomic E-state index is -0.955. The number of nitrogens with zero attached hydrogens (tertiary/aromatic N) is 2. The molecule has 3 atom stereocenters. The van der Waals surface area contributed by atoms with Gasteiger partial charge in [0.25, 0.3) is 0 Å². The number of carbonyl (C=O) groups excluding carboxylic acids is 1. The molecule has 2 aromatic rings. The van der Waals surface area contributed by atoms with Gasteiger partial charge in [-0.15, -0.1) is 0 Å². The highest BCUT2D eigenvalue weighted by Crippen LogP contribution is 2.50. The minimum Gasteiger partial charge on any atom is -0.383 e. The fourth-order valence-electron chi connectivity index (χ4n) is 5.73. The van der Waals surface area contributed by atoms with Crippen molar-refractivity contribution in [3.8, 4) is 0 Å². The lowest BCUT2D eigenvalue weighted by Gasteiger charge is -2.51. The number of benzene rings is 1. The first-order valence-electron chi connectivity index (χ1n) is 11.1. The van der Waals surface area contributed by atoms with Crippen LogP contribution in [0.1, 0.15) is 55.8 Å². The van der Waals surface area contributed by atoms with Gasteiger partial charge in [0.05, 0.1) is 0 Å². The second-order valence-corrected chi connectivity index (χ2v) is 9.13. The van der Waals surface area contributed by atoms with Gasteiger partial charge in [-0.1, -0.05) is 12.1 Å². The number of hydrogen-bond acceptors (Lipinski definition) is 3. The van der Waals surface area contributed by atoms with E-state index in [0.29, 0.717) is 25.4 Å². The van der Waals surface area contributed by atoms with Crippen LogP contribution in [-0.4, -0.2) is 64.7 Å². The van der Waals surface area contributed by atoms with Crippen molar-refractivity contribution in [2.45, 2.75) is 63.1 Å².